The molecule has 0 saturated carbocycles. The highest BCUT2D eigenvalue weighted by atomic mass is 32.1. The van der Waals surface area contributed by atoms with E-state index >= 15 is 0 Å². The number of carbonyl (C=O) groups is 1. The Morgan fingerprint density at radius 2 is 1.86 bits per heavy atom. The normalized spacial score (nSPS) is 24.0. The quantitative estimate of drug-likeness (QED) is 0.241. The van der Waals surface area contributed by atoms with Crippen molar-refractivity contribution in [2.24, 2.45) is 0 Å². The standard InChI is InChI=1S/C36H40N6O6S/c1-17-11-20-12-23-25(14-37)42-24(29(41(23)4)27(20)31(44)32(17)46-5)13-22-28(34-33(47-16-48-34)18(2)30(22)43)26(42)15-38-35(45)19(3)39-36(49)40-21-9-7-6-8-10-21/h6-11,19,23-26,29,43-44H,12-13,15-16H2,1-5H3,(H,38,45)(H2,39,40,49)/t19-,23-,24?,25-,26-,29+/m0/s1. The number of amides is 1. The van der Waals surface area contributed by atoms with Gasteiger partial charge in [-0.3, -0.25) is 14.6 Å². The van der Waals surface area contributed by atoms with Gasteiger partial charge in [0.25, 0.3) is 0 Å². The number of benzene rings is 3. The van der Waals surface area contributed by atoms with Crippen LogP contribution in [-0.4, -0.2) is 82.7 Å². The largest absolute Gasteiger partial charge is 0.507 e. The second-order valence-corrected chi connectivity index (χ2v) is 13.6. The maximum atomic E-state index is 13.6. The molecule has 4 aliphatic rings. The molecule has 0 spiro atoms. The zero-order valence-electron chi connectivity index (χ0n) is 28.0. The Kier molecular flexibility index (Phi) is 8.42. The Labute approximate surface area is 290 Å². The van der Waals surface area contributed by atoms with Crippen LogP contribution < -0.4 is 30.2 Å². The number of nitrogens with one attached hydrogen (secondary N) is 3. The van der Waals surface area contributed by atoms with E-state index in [1.54, 1.807) is 21.0 Å². The molecule has 256 valence electrons. The van der Waals surface area contributed by atoms with Crippen molar-refractivity contribution >= 4 is 28.9 Å². The van der Waals surface area contributed by atoms with Crippen molar-refractivity contribution in [3.8, 4) is 34.8 Å². The Balaban J connectivity index is 1.27. The molecule has 7 rings (SSSR count). The lowest BCUT2D eigenvalue weighted by Crippen LogP contribution is -2.68. The number of likely N-dealkylation sites (N-methyl/N-ethyl adjacent to an activating group) is 1. The van der Waals surface area contributed by atoms with Gasteiger partial charge in [-0.15, -0.1) is 0 Å². The van der Waals surface area contributed by atoms with Crippen molar-refractivity contribution < 1.29 is 29.2 Å². The lowest BCUT2D eigenvalue weighted by molar-refractivity contribution is -0.123. The number of nitrogens with zero attached hydrogens (tertiary/aromatic N) is 3. The number of hydrogen-bond donors (Lipinski definition) is 5. The van der Waals surface area contributed by atoms with E-state index in [1.165, 1.54) is 0 Å². The predicted molar refractivity (Wildman–Crippen MR) is 186 cm³/mol. The SMILES string of the molecule is COc1c(C)cc2c(c1O)[C@H]1C3Cc4c(O)c(C)c5c(c4[C@H](CNC(=O)[C@H](C)NC(=S)Nc4ccccc4)N3[C@@H](C#N)[C@H](C2)N1C)OCO5. The third-order valence-corrected chi connectivity index (χ3v) is 10.8. The van der Waals surface area contributed by atoms with Gasteiger partial charge >= 0.3 is 0 Å². The number of fused-ring (bicyclic) bond motifs is 9. The molecular weight excluding hydrogens is 644 g/mol. The van der Waals surface area contributed by atoms with Gasteiger partial charge in [-0.25, -0.2) is 0 Å². The van der Waals surface area contributed by atoms with E-state index in [9.17, 15) is 20.3 Å². The molecular formula is C36H40N6O6S. The highest BCUT2D eigenvalue weighted by Gasteiger charge is 2.56. The van der Waals surface area contributed by atoms with Gasteiger partial charge in [0, 0.05) is 46.6 Å². The third-order valence-electron chi connectivity index (χ3n) is 10.5. The van der Waals surface area contributed by atoms with Gasteiger partial charge in [-0.2, -0.15) is 5.26 Å². The van der Waals surface area contributed by atoms with Gasteiger partial charge in [0.05, 0.1) is 25.3 Å². The van der Waals surface area contributed by atoms with Crippen LogP contribution in [0.2, 0.25) is 0 Å². The first-order valence-corrected chi connectivity index (χ1v) is 16.8. The topological polar surface area (TPSA) is 152 Å². The number of anilines is 1. The maximum absolute atomic E-state index is 13.6. The van der Waals surface area contributed by atoms with Crippen LogP contribution in [0.5, 0.6) is 28.7 Å². The average molecular weight is 685 g/mol. The van der Waals surface area contributed by atoms with Crippen molar-refractivity contribution in [3.05, 3.63) is 69.8 Å². The van der Waals surface area contributed by atoms with E-state index in [0.29, 0.717) is 51.9 Å². The number of aromatic hydroxyl groups is 2. The van der Waals surface area contributed by atoms with Crippen LogP contribution in [-0.2, 0) is 17.6 Å². The van der Waals surface area contributed by atoms with E-state index in [1.807, 2.05) is 50.4 Å². The molecule has 12 nitrogen and oxygen atoms in total. The van der Waals surface area contributed by atoms with Gasteiger partial charge < -0.3 is 40.4 Å². The number of phenolic OH excluding ortho intramolecular Hbond substituents is 2. The summed E-state index contributed by atoms with van der Waals surface area (Å²) in [7, 11) is 3.53. The summed E-state index contributed by atoms with van der Waals surface area (Å²) in [6, 6.07) is 11.3. The molecule has 1 fully saturated rings. The highest BCUT2D eigenvalue weighted by Crippen LogP contribution is 2.58. The van der Waals surface area contributed by atoms with Gasteiger partial charge in [-0.05, 0) is 76.1 Å². The summed E-state index contributed by atoms with van der Waals surface area (Å²) in [4.78, 5) is 17.9. The van der Waals surface area contributed by atoms with Gasteiger partial charge in [0.1, 0.15) is 17.8 Å². The van der Waals surface area contributed by atoms with Gasteiger partial charge in [0.2, 0.25) is 12.7 Å². The van der Waals surface area contributed by atoms with Crippen LogP contribution in [0.15, 0.2) is 36.4 Å². The number of piperazine rings is 1. The maximum Gasteiger partial charge on any atom is 0.242 e. The second kappa shape index (κ2) is 12.6. The lowest BCUT2D eigenvalue weighted by Gasteiger charge is -2.60. The molecule has 0 aliphatic carbocycles. The van der Waals surface area contributed by atoms with E-state index in [2.05, 4.69) is 31.8 Å². The van der Waals surface area contributed by atoms with E-state index < -0.39 is 18.1 Å². The van der Waals surface area contributed by atoms with Crippen LogP contribution >= 0.6 is 12.2 Å². The van der Waals surface area contributed by atoms with E-state index in [-0.39, 0.29) is 48.9 Å². The summed E-state index contributed by atoms with van der Waals surface area (Å²) in [5.74, 6) is 1.29. The monoisotopic (exact) mass is 684 g/mol. The number of methoxy groups -OCH3 is 1. The fourth-order valence-electron chi connectivity index (χ4n) is 8.34. The molecule has 49 heavy (non-hydrogen) atoms. The number of nitriles is 1. The Hall–Kier alpha value is -4.77. The molecule has 4 aliphatic heterocycles. The van der Waals surface area contributed by atoms with Crippen LogP contribution in [0, 0.1) is 25.2 Å². The molecule has 6 atom stereocenters. The van der Waals surface area contributed by atoms with Crippen LogP contribution in [0.25, 0.3) is 0 Å². The zero-order chi connectivity index (χ0) is 34.7. The summed E-state index contributed by atoms with van der Waals surface area (Å²) in [5, 5.41) is 43.7. The van der Waals surface area contributed by atoms with E-state index in [4.69, 9.17) is 26.4 Å². The summed E-state index contributed by atoms with van der Waals surface area (Å²) in [5.41, 5.74) is 5.30. The molecule has 5 N–H and O–H groups in total. The molecule has 4 heterocycles. The smallest absolute Gasteiger partial charge is 0.242 e. The van der Waals surface area contributed by atoms with Crippen molar-refractivity contribution in [1.82, 2.24) is 20.4 Å². The average Bonchev–Trinajstić information content (AvgIpc) is 3.57. The van der Waals surface area contributed by atoms with Crippen LogP contribution in [0.4, 0.5) is 5.69 Å². The summed E-state index contributed by atoms with van der Waals surface area (Å²) < 4.78 is 17.5. The molecule has 2 bridgehead atoms. The minimum atomic E-state index is -0.683. The number of ether oxygens (including phenoxy) is 3. The highest BCUT2D eigenvalue weighted by molar-refractivity contribution is 7.80. The van der Waals surface area contributed by atoms with Crippen molar-refractivity contribution in [1.29, 1.82) is 5.26 Å². The lowest BCUT2D eigenvalue weighted by atomic mass is 9.71. The van der Waals surface area contributed by atoms with Gasteiger partial charge in [0.15, 0.2) is 28.1 Å². The Morgan fingerprint density at radius 3 is 2.57 bits per heavy atom. The first-order chi connectivity index (χ1) is 23.5. The van der Waals surface area contributed by atoms with Crippen molar-refractivity contribution in [2.45, 2.75) is 69.9 Å². The summed E-state index contributed by atoms with van der Waals surface area (Å²) >= 11 is 5.47. The molecule has 0 aromatic heterocycles. The number of para-hydroxylation sites is 1. The molecule has 3 aromatic carbocycles. The molecule has 13 heteroatoms. The number of phenols is 2. The zero-order valence-corrected chi connectivity index (χ0v) is 28.9. The number of rotatable bonds is 6. The van der Waals surface area contributed by atoms with Crippen LogP contribution in [0.1, 0.15) is 52.4 Å². The third kappa shape index (κ3) is 5.26. The van der Waals surface area contributed by atoms with Gasteiger partial charge in [-0.1, -0.05) is 24.3 Å². The fraction of sp³-hybridized carbons (Fsp3) is 0.417. The number of carbonyl (C=O) groups excluding carboxylic acids is 1. The Morgan fingerprint density at radius 1 is 1.12 bits per heavy atom. The summed E-state index contributed by atoms with van der Waals surface area (Å²) in [6.45, 7) is 5.53. The number of thiocarbonyl (C=S) groups is 1. The first kappa shape index (κ1) is 32.8. The minimum Gasteiger partial charge on any atom is -0.507 e. The first-order valence-electron chi connectivity index (χ1n) is 16.4. The second-order valence-electron chi connectivity index (χ2n) is 13.2. The predicted octanol–water partition coefficient (Wildman–Crippen LogP) is 3.71. The molecule has 0 radical (unpaired) electrons. The van der Waals surface area contributed by atoms with Crippen molar-refractivity contribution in [3.63, 3.8) is 0 Å². The van der Waals surface area contributed by atoms with E-state index in [0.717, 1.165) is 22.4 Å². The molecule has 3 aromatic rings. The van der Waals surface area contributed by atoms with Crippen LogP contribution in [0.3, 0.4) is 0 Å². The Bertz CT molecular complexity index is 1880. The molecule has 1 unspecified atom stereocenters. The van der Waals surface area contributed by atoms with Crippen molar-refractivity contribution in [2.75, 3.05) is 32.8 Å². The number of aryl methyl sites for hydroxylation is 1. The fourth-order valence-corrected chi connectivity index (χ4v) is 8.64. The molecule has 1 saturated heterocycles. The molecule has 1 amide bonds. The number of hydrogen-bond acceptors (Lipinski definition) is 10. The summed E-state index contributed by atoms with van der Waals surface area (Å²) in [6.07, 6.45) is 0.910. The minimum absolute atomic E-state index is 0.00253.